The van der Waals surface area contributed by atoms with E-state index in [4.69, 9.17) is 9.84 Å². The Morgan fingerprint density at radius 3 is 2.06 bits per heavy atom. The fourth-order valence-electron chi connectivity index (χ4n) is 4.62. The zero-order valence-electron chi connectivity index (χ0n) is 21.0. The Labute approximate surface area is 207 Å². The molecule has 3 rings (SSSR count). The van der Waals surface area contributed by atoms with Gasteiger partial charge in [-0.1, -0.05) is 76.2 Å². The Bertz CT molecular complexity index is 1000. The van der Waals surface area contributed by atoms with Crippen LogP contribution in [0.15, 0.2) is 48.5 Å². The summed E-state index contributed by atoms with van der Waals surface area (Å²) in [6.07, 6.45) is -0.351. The molecule has 0 fully saturated rings. The van der Waals surface area contributed by atoms with Crippen LogP contribution in [-0.4, -0.2) is 54.2 Å². The lowest BCUT2D eigenvalue weighted by atomic mass is 9.91. The summed E-state index contributed by atoms with van der Waals surface area (Å²) in [5, 5.41) is 12.0. The number of carboxylic acid groups (broad SMARTS) is 1. The molecule has 0 saturated heterocycles. The second-order valence-corrected chi connectivity index (χ2v) is 9.98. The summed E-state index contributed by atoms with van der Waals surface area (Å²) in [7, 11) is 0. The Balaban J connectivity index is 1.57. The molecular formula is C28H36N2O5. The number of hydrogen-bond acceptors (Lipinski definition) is 4. The third kappa shape index (κ3) is 6.84. The Morgan fingerprint density at radius 1 is 0.971 bits per heavy atom. The van der Waals surface area contributed by atoms with Crippen molar-refractivity contribution in [2.24, 2.45) is 17.8 Å². The van der Waals surface area contributed by atoms with E-state index in [0.29, 0.717) is 6.54 Å². The standard InChI is InChI=1S/C28H36N2O5/c1-18(2)15-30(16-27(32)33)26(31)13-20(19(3)4)14-29-28(34)35-17-25-23-11-7-5-9-21(23)22-10-6-8-12-24(22)25/h5-12,18-20,25H,13-17H2,1-4H3,(H,29,34)(H,32,33). The molecule has 1 aliphatic rings. The molecular weight excluding hydrogens is 444 g/mol. The summed E-state index contributed by atoms with van der Waals surface area (Å²) in [5.74, 6) is -1.11. The second-order valence-electron chi connectivity index (χ2n) is 9.98. The lowest BCUT2D eigenvalue weighted by Gasteiger charge is -2.27. The number of alkyl carbamates (subject to hydrolysis) is 1. The fraction of sp³-hybridized carbons (Fsp3) is 0.464. The maximum absolute atomic E-state index is 12.8. The predicted molar refractivity (Wildman–Crippen MR) is 135 cm³/mol. The second kappa shape index (κ2) is 11.9. The van der Waals surface area contributed by atoms with Gasteiger partial charge in [0.1, 0.15) is 13.2 Å². The van der Waals surface area contributed by atoms with Crippen molar-refractivity contribution in [2.75, 3.05) is 26.2 Å². The zero-order valence-corrected chi connectivity index (χ0v) is 21.0. The molecule has 0 bridgehead atoms. The van der Waals surface area contributed by atoms with Crippen molar-refractivity contribution >= 4 is 18.0 Å². The van der Waals surface area contributed by atoms with E-state index >= 15 is 0 Å². The van der Waals surface area contributed by atoms with Crippen LogP contribution in [0.25, 0.3) is 11.1 Å². The van der Waals surface area contributed by atoms with Gasteiger partial charge in [-0.05, 0) is 40.0 Å². The van der Waals surface area contributed by atoms with Gasteiger partial charge in [0.2, 0.25) is 5.91 Å². The molecule has 1 unspecified atom stereocenters. The van der Waals surface area contributed by atoms with Crippen LogP contribution in [0, 0.1) is 17.8 Å². The molecule has 2 amide bonds. The molecule has 188 valence electrons. The van der Waals surface area contributed by atoms with Crippen molar-refractivity contribution in [3.8, 4) is 11.1 Å². The van der Waals surface area contributed by atoms with Crippen molar-refractivity contribution < 1.29 is 24.2 Å². The minimum Gasteiger partial charge on any atom is -0.480 e. The van der Waals surface area contributed by atoms with E-state index in [0.717, 1.165) is 11.1 Å². The van der Waals surface area contributed by atoms with Gasteiger partial charge in [-0.2, -0.15) is 0 Å². The molecule has 2 aromatic rings. The van der Waals surface area contributed by atoms with Crippen molar-refractivity contribution in [2.45, 2.75) is 40.0 Å². The molecule has 1 aliphatic carbocycles. The molecule has 0 aliphatic heterocycles. The number of fused-ring (bicyclic) bond motifs is 3. The number of rotatable bonds is 11. The van der Waals surface area contributed by atoms with Gasteiger partial charge in [0.25, 0.3) is 0 Å². The van der Waals surface area contributed by atoms with E-state index in [2.05, 4.69) is 29.6 Å². The van der Waals surface area contributed by atoms with Gasteiger partial charge in [0.15, 0.2) is 0 Å². The largest absolute Gasteiger partial charge is 0.480 e. The van der Waals surface area contributed by atoms with Crippen LogP contribution >= 0.6 is 0 Å². The van der Waals surface area contributed by atoms with E-state index < -0.39 is 12.1 Å². The SMILES string of the molecule is CC(C)CN(CC(=O)O)C(=O)CC(CNC(=O)OCC1c2ccccc2-c2ccccc21)C(C)C. The smallest absolute Gasteiger partial charge is 0.407 e. The first-order valence-corrected chi connectivity index (χ1v) is 12.3. The summed E-state index contributed by atoms with van der Waals surface area (Å²) in [4.78, 5) is 38.0. The highest BCUT2D eigenvalue weighted by Crippen LogP contribution is 2.44. The Kier molecular flexibility index (Phi) is 8.90. The molecule has 1 atom stereocenters. The van der Waals surface area contributed by atoms with Gasteiger partial charge >= 0.3 is 12.1 Å². The average Bonchev–Trinajstić information content (AvgIpc) is 3.12. The van der Waals surface area contributed by atoms with Crippen LogP contribution in [0.2, 0.25) is 0 Å². The first-order chi connectivity index (χ1) is 16.7. The van der Waals surface area contributed by atoms with Gasteiger partial charge in [-0.25, -0.2) is 4.79 Å². The number of amides is 2. The first-order valence-electron chi connectivity index (χ1n) is 12.3. The number of carbonyl (C=O) groups is 3. The molecule has 0 saturated carbocycles. The third-order valence-corrected chi connectivity index (χ3v) is 6.50. The normalized spacial score (nSPS) is 13.3. The quantitative estimate of drug-likeness (QED) is 0.484. The van der Waals surface area contributed by atoms with E-state index in [-0.39, 0.29) is 55.7 Å². The van der Waals surface area contributed by atoms with E-state index in [9.17, 15) is 14.4 Å². The highest BCUT2D eigenvalue weighted by atomic mass is 16.5. The van der Waals surface area contributed by atoms with Gasteiger partial charge in [0, 0.05) is 25.4 Å². The number of carbonyl (C=O) groups excluding carboxylic acids is 2. The summed E-state index contributed by atoms with van der Waals surface area (Å²) in [5.41, 5.74) is 4.64. The van der Waals surface area contributed by atoms with Crippen molar-refractivity contribution in [1.82, 2.24) is 10.2 Å². The summed E-state index contributed by atoms with van der Waals surface area (Å²) in [6, 6.07) is 16.3. The number of nitrogens with one attached hydrogen (secondary N) is 1. The lowest BCUT2D eigenvalue weighted by Crippen LogP contribution is -2.41. The zero-order chi connectivity index (χ0) is 25.5. The predicted octanol–water partition coefficient (Wildman–Crippen LogP) is 4.76. The molecule has 7 nitrogen and oxygen atoms in total. The van der Waals surface area contributed by atoms with Crippen LogP contribution in [0.5, 0.6) is 0 Å². The van der Waals surface area contributed by atoms with Crippen molar-refractivity contribution in [3.63, 3.8) is 0 Å². The number of aliphatic carboxylic acids is 1. The van der Waals surface area contributed by atoms with E-state index in [1.807, 2.05) is 52.0 Å². The Morgan fingerprint density at radius 2 is 1.54 bits per heavy atom. The minimum atomic E-state index is -1.03. The Hall–Kier alpha value is -3.35. The molecule has 0 spiro atoms. The third-order valence-electron chi connectivity index (χ3n) is 6.50. The number of carboxylic acids is 1. The van der Waals surface area contributed by atoms with Gasteiger partial charge in [0.05, 0.1) is 0 Å². The number of benzene rings is 2. The first kappa shape index (κ1) is 26.3. The van der Waals surface area contributed by atoms with Crippen molar-refractivity contribution in [3.05, 3.63) is 59.7 Å². The van der Waals surface area contributed by atoms with E-state index in [1.165, 1.54) is 16.0 Å². The van der Waals surface area contributed by atoms with Crippen LogP contribution in [0.3, 0.4) is 0 Å². The maximum atomic E-state index is 12.8. The molecule has 0 heterocycles. The van der Waals surface area contributed by atoms with Crippen LogP contribution < -0.4 is 5.32 Å². The topological polar surface area (TPSA) is 95.9 Å². The molecule has 35 heavy (non-hydrogen) atoms. The lowest BCUT2D eigenvalue weighted by molar-refractivity contribution is -0.145. The van der Waals surface area contributed by atoms with Gasteiger partial charge < -0.3 is 20.1 Å². The number of hydrogen-bond donors (Lipinski definition) is 2. The molecule has 0 aromatic heterocycles. The monoisotopic (exact) mass is 480 g/mol. The van der Waals surface area contributed by atoms with Crippen LogP contribution in [0.4, 0.5) is 4.79 Å². The fourth-order valence-corrected chi connectivity index (χ4v) is 4.62. The highest BCUT2D eigenvalue weighted by Gasteiger charge is 2.29. The maximum Gasteiger partial charge on any atom is 0.407 e. The summed E-state index contributed by atoms with van der Waals surface area (Å²) < 4.78 is 5.60. The summed E-state index contributed by atoms with van der Waals surface area (Å²) >= 11 is 0. The van der Waals surface area contributed by atoms with Gasteiger partial charge in [-0.15, -0.1) is 0 Å². The van der Waals surface area contributed by atoms with Crippen LogP contribution in [0.1, 0.15) is 51.2 Å². The van der Waals surface area contributed by atoms with Crippen LogP contribution in [-0.2, 0) is 14.3 Å². The highest BCUT2D eigenvalue weighted by molar-refractivity contribution is 5.82. The number of ether oxygens (including phenoxy) is 1. The molecule has 7 heteroatoms. The minimum absolute atomic E-state index is 0.0174. The van der Waals surface area contributed by atoms with Gasteiger partial charge in [-0.3, -0.25) is 9.59 Å². The molecule has 2 aromatic carbocycles. The molecule has 2 N–H and O–H groups in total. The van der Waals surface area contributed by atoms with Crippen molar-refractivity contribution in [1.29, 1.82) is 0 Å². The summed E-state index contributed by atoms with van der Waals surface area (Å²) in [6.45, 7) is 8.44. The number of nitrogens with zero attached hydrogens (tertiary/aromatic N) is 1. The van der Waals surface area contributed by atoms with E-state index in [1.54, 1.807) is 0 Å². The molecule has 0 radical (unpaired) electrons. The average molecular weight is 481 g/mol.